The molecule has 0 radical (unpaired) electrons. The summed E-state index contributed by atoms with van der Waals surface area (Å²) in [6, 6.07) is 0. The summed E-state index contributed by atoms with van der Waals surface area (Å²) in [7, 11) is -1.44. The van der Waals surface area contributed by atoms with E-state index in [9.17, 15) is 13.2 Å². The Morgan fingerprint density at radius 2 is 2.06 bits per heavy atom. The van der Waals surface area contributed by atoms with Crippen molar-refractivity contribution in [2.24, 2.45) is 5.92 Å². The number of likely N-dealkylation sites (N-methyl/N-ethyl adjacent to an activating group) is 1. The maximum Gasteiger partial charge on any atom is 0.227 e. The van der Waals surface area contributed by atoms with Gasteiger partial charge in [0.25, 0.3) is 0 Å². The molecule has 1 amide bonds. The minimum Gasteiger partial charge on any atom is -0.394 e. The molecule has 1 rings (SSSR count). The summed E-state index contributed by atoms with van der Waals surface area (Å²) in [5, 5.41) is 9.15. The van der Waals surface area contributed by atoms with Crippen molar-refractivity contribution in [2.45, 2.75) is 25.8 Å². The van der Waals surface area contributed by atoms with Gasteiger partial charge in [-0.25, -0.2) is 8.42 Å². The lowest BCUT2D eigenvalue weighted by Gasteiger charge is -2.35. The Labute approximate surface area is 96.4 Å². The van der Waals surface area contributed by atoms with Gasteiger partial charge in [-0.15, -0.1) is 0 Å². The van der Waals surface area contributed by atoms with Crippen LogP contribution in [0.3, 0.4) is 0 Å². The summed E-state index contributed by atoms with van der Waals surface area (Å²) in [4.78, 5) is 13.4. The zero-order chi connectivity index (χ0) is 12.6. The number of carbonyl (C=O) groups excluding carboxylic acids is 1. The second-order valence-corrected chi connectivity index (χ2v) is 7.20. The van der Waals surface area contributed by atoms with Crippen LogP contribution in [0.4, 0.5) is 0 Å². The van der Waals surface area contributed by atoms with Gasteiger partial charge in [-0.3, -0.25) is 4.79 Å². The van der Waals surface area contributed by atoms with Gasteiger partial charge in [-0.05, 0) is 20.3 Å². The van der Waals surface area contributed by atoms with Crippen molar-refractivity contribution in [3.8, 4) is 0 Å². The lowest BCUT2D eigenvalue weighted by molar-refractivity contribution is -0.139. The van der Waals surface area contributed by atoms with E-state index < -0.39 is 21.3 Å². The first-order valence-corrected chi connectivity index (χ1v) is 7.11. The molecular formula is C10H19NO4S. The highest BCUT2D eigenvalue weighted by atomic mass is 32.2. The van der Waals surface area contributed by atoms with Crippen LogP contribution in [0.5, 0.6) is 0 Å². The molecule has 94 valence electrons. The molecule has 16 heavy (non-hydrogen) atoms. The normalized spacial score (nSPS) is 24.4. The van der Waals surface area contributed by atoms with Crippen LogP contribution in [0.15, 0.2) is 0 Å². The first-order valence-electron chi connectivity index (χ1n) is 5.28. The summed E-state index contributed by atoms with van der Waals surface area (Å²) >= 11 is 0. The van der Waals surface area contributed by atoms with E-state index in [-0.39, 0.29) is 24.0 Å². The fourth-order valence-corrected chi connectivity index (χ4v) is 3.40. The zero-order valence-electron chi connectivity index (χ0n) is 9.93. The molecule has 1 aliphatic heterocycles. The van der Waals surface area contributed by atoms with E-state index in [0.29, 0.717) is 6.42 Å². The van der Waals surface area contributed by atoms with Crippen molar-refractivity contribution in [2.75, 3.05) is 25.2 Å². The van der Waals surface area contributed by atoms with E-state index in [1.54, 1.807) is 20.9 Å². The average Bonchev–Trinajstić information content (AvgIpc) is 2.56. The average molecular weight is 249 g/mol. The van der Waals surface area contributed by atoms with Gasteiger partial charge in [0, 0.05) is 7.05 Å². The number of amides is 1. The Balaban J connectivity index is 2.73. The smallest absolute Gasteiger partial charge is 0.227 e. The van der Waals surface area contributed by atoms with Crippen LogP contribution >= 0.6 is 0 Å². The Morgan fingerprint density at radius 3 is 2.44 bits per heavy atom. The number of aliphatic hydroxyl groups is 1. The molecule has 1 aliphatic rings. The van der Waals surface area contributed by atoms with Gasteiger partial charge in [-0.2, -0.15) is 0 Å². The molecule has 0 aromatic heterocycles. The number of carbonyl (C=O) groups is 1. The molecular weight excluding hydrogens is 230 g/mol. The zero-order valence-corrected chi connectivity index (χ0v) is 10.7. The van der Waals surface area contributed by atoms with Gasteiger partial charge >= 0.3 is 0 Å². The lowest BCUT2D eigenvalue weighted by Crippen LogP contribution is -2.50. The van der Waals surface area contributed by atoms with Crippen LogP contribution < -0.4 is 0 Å². The predicted octanol–water partition coefficient (Wildman–Crippen LogP) is -0.350. The van der Waals surface area contributed by atoms with E-state index in [1.165, 1.54) is 4.90 Å². The van der Waals surface area contributed by atoms with E-state index in [0.717, 1.165) is 0 Å². The standard InChI is InChI=1S/C10H19NO4S/c1-10(2,7-12)11(3)9(13)8-4-5-16(14,15)6-8/h8,12H,4-7H2,1-3H3. The lowest BCUT2D eigenvalue weighted by atomic mass is 10.0. The second kappa shape index (κ2) is 4.33. The topological polar surface area (TPSA) is 74.7 Å². The molecule has 0 aromatic rings. The van der Waals surface area contributed by atoms with Gasteiger partial charge < -0.3 is 10.0 Å². The van der Waals surface area contributed by atoms with Crippen molar-refractivity contribution < 1.29 is 18.3 Å². The van der Waals surface area contributed by atoms with Crippen LogP contribution in [-0.2, 0) is 14.6 Å². The van der Waals surface area contributed by atoms with Crippen LogP contribution in [0.2, 0.25) is 0 Å². The van der Waals surface area contributed by atoms with Crippen LogP contribution in [-0.4, -0.2) is 55.0 Å². The van der Waals surface area contributed by atoms with Gasteiger partial charge in [0.05, 0.1) is 29.6 Å². The predicted molar refractivity (Wildman–Crippen MR) is 60.7 cm³/mol. The molecule has 5 nitrogen and oxygen atoms in total. The highest BCUT2D eigenvalue weighted by molar-refractivity contribution is 7.91. The Morgan fingerprint density at radius 1 is 1.50 bits per heavy atom. The molecule has 0 spiro atoms. The third kappa shape index (κ3) is 2.74. The minimum atomic E-state index is -3.04. The number of aliphatic hydroxyl groups excluding tert-OH is 1. The maximum absolute atomic E-state index is 12.0. The molecule has 0 aliphatic carbocycles. The van der Waals surface area contributed by atoms with Gasteiger partial charge in [0.2, 0.25) is 5.91 Å². The first kappa shape index (κ1) is 13.4. The molecule has 0 saturated carbocycles. The molecule has 1 heterocycles. The monoisotopic (exact) mass is 249 g/mol. The maximum atomic E-state index is 12.0. The van der Waals surface area contributed by atoms with Crippen LogP contribution in [0.1, 0.15) is 20.3 Å². The molecule has 1 fully saturated rings. The SMILES string of the molecule is CN(C(=O)C1CCS(=O)(=O)C1)C(C)(C)CO. The number of sulfone groups is 1. The Bertz CT molecular complexity index is 374. The van der Waals surface area contributed by atoms with Crippen LogP contribution in [0.25, 0.3) is 0 Å². The fraction of sp³-hybridized carbons (Fsp3) is 0.900. The van der Waals surface area contributed by atoms with Crippen molar-refractivity contribution in [3.05, 3.63) is 0 Å². The molecule has 1 N–H and O–H groups in total. The van der Waals surface area contributed by atoms with E-state index in [2.05, 4.69) is 0 Å². The summed E-state index contributed by atoms with van der Waals surface area (Å²) in [6.45, 7) is 3.34. The molecule has 6 heteroatoms. The first-order chi connectivity index (χ1) is 7.19. The highest BCUT2D eigenvalue weighted by Crippen LogP contribution is 2.23. The van der Waals surface area contributed by atoms with E-state index in [1.807, 2.05) is 0 Å². The number of hydrogen-bond acceptors (Lipinski definition) is 4. The molecule has 0 aromatic carbocycles. The summed E-state index contributed by atoms with van der Waals surface area (Å²) in [5.74, 6) is -0.602. The van der Waals surface area contributed by atoms with Gasteiger partial charge in [-0.1, -0.05) is 0 Å². The van der Waals surface area contributed by atoms with Gasteiger partial charge in [0.15, 0.2) is 9.84 Å². The minimum absolute atomic E-state index is 0.0579. The van der Waals surface area contributed by atoms with Crippen molar-refractivity contribution in [1.82, 2.24) is 4.90 Å². The quantitative estimate of drug-likeness (QED) is 0.742. The number of nitrogens with zero attached hydrogens (tertiary/aromatic N) is 1. The fourth-order valence-electron chi connectivity index (χ4n) is 1.67. The Hall–Kier alpha value is -0.620. The second-order valence-electron chi connectivity index (χ2n) is 4.97. The van der Waals surface area contributed by atoms with Gasteiger partial charge in [0.1, 0.15) is 0 Å². The highest BCUT2D eigenvalue weighted by Gasteiger charge is 2.38. The molecule has 0 bridgehead atoms. The van der Waals surface area contributed by atoms with Crippen molar-refractivity contribution in [1.29, 1.82) is 0 Å². The summed E-state index contributed by atoms with van der Waals surface area (Å²) in [6.07, 6.45) is 0.396. The molecule has 1 unspecified atom stereocenters. The number of rotatable bonds is 3. The largest absolute Gasteiger partial charge is 0.394 e. The number of hydrogen-bond donors (Lipinski definition) is 1. The third-order valence-electron chi connectivity index (χ3n) is 3.21. The Kier molecular flexibility index (Phi) is 3.64. The van der Waals surface area contributed by atoms with Crippen molar-refractivity contribution >= 4 is 15.7 Å². The summed E-state index contributed by atoms with van der Waals surface area (Å²) in [5.41, 5.74) is -0.649. The van der Waals surface area contributed by atoms with E-state index in [4.69, 9.17) is 5.11 Å². The van der Waals surface area contributed by atoms with Crippen molar-refractivity contribution in [3.63, 3.8) is 0 Å². The van der Waals surface area contributed by atoms with E-state index >= 15 is 0 Å². The summed E-state index contributed by atoms with van der Waals surface area (Å²) < 4.78 is 22.5. The molecule has 1 saturated heterocycles. The van der Waals surface area contributed by atoms with Crippen LogP contribution in [0, 0.1) is 5.92 Å². The third-order valence-corrected chi connectivity index (χ3v) is 4.98. The molecule has 1 atom stereocenters.